The van der Waals surface area contributed by atoms with E-state index in [4.69, 9.17) is 17.0 Å². The second kappa shape index (κ2) is 8.94. The average molecular weight is 389 g/mol. The molecular formula is C18H23N5O3S. The molecule has 1 aromatic carbocycles. The van der Waals surface area contributed by atoms with Gasteiger partial charge in [0.05, 0.1) is 19.3 Å². The molecule has 0 unspecified atom stereocenters. The summed E-state index contributed by atoms with van der Waals surface area (Å²) in [5.74, 6) is 0.261. The lowest BCUT2D eigenvalue weighted by atomic mass is 10.2. The van der Waals surface area contributed by atoms with Gasteiger partial charge in [-0.05, 0) is 24.4 Å². The van der Waals surface area contributed by atoms with Crippen LogP contribution >= 0.6 is 12.2 Å². The molecule has 0 spiro atoms. The first-order valence-corrected chi connectivity index (χ1v) is 9.17. The van der Waals surface area contributed by atoms with Gasteiger partial charge >= 0.3 is 0 Å². The zero-order chi connectivity index (χ0) is 19.2. The van der Waals surface area contributed by atoms with Crippen LogP contribution in [-0.4, -0.2) is 72.2 Å². The summed E-state index contributed by atoms with van der Waals surface area (Å²) in [6, 6.07) is 7.11. The Morgan fingerprint density at radius 1 is 1.33 bits per heavy atom. The maximum Gasteiger partial charge on any atom is 0.264 e. The van der Waals surface area contributed by atoms with E-state index in [1.54, 1.807) is 18.2 Å². The average Bonchev–Trinajstić information content (AvgIpc) is 2.68. The first kappa shape index (κ1) is 19.3. The fraction of sp³-hybridized carbons (Fsp3) is 0.389. The van der Waals surface area contributed by atoms with Crippen LogP contribution in [0.4, 0.5) is 0 Å². The fourth-order valence-electron chi connectivity index (χ4n) is 2.98. The number of aromatic amines is 1. The zero-order valence-electron chi connectivity index (χ0n) is 15.1. The Kier molecular flexibility index (Phi) is 6.38. The molecule has 0 atom stereocenters. The van der Waals surface area contributed by atoms with Crippen LogP contribution in [0.1, 0.15) is 5.56 Å². The quantitative estimate of drug-likeness (QED) is 0.503. The van der Waals surface area contributed by atoms with Gasteiger partial charge in [-0.15, -0.1) is 0 Å². The summed E-state index contributed by atoms with van der Waals surface area (Å²) >= 11 is 5.23. The third-order valence-corrected chi connectivity index (χ3v) is 4.71. The van der Waals surface area contributed by atoms with E-state index in [2.05, 4.69) is 20.2 Å². The van der Waals surface area contributed by atoms with Crippen molar-refractivity contribution in [2.24, 2.45) is 4.99 Å². The molecule has 1 aliphatic rings. The first-order valence-electron chi connectivity index (χ1n) is 8.76. The topological polar surface area (TPSA) is 94.9 Å². The number of aliphatic imine (C=N–C) groups is 1. The number of methoxy groups -OCH3 is 1. The number of aromatic hydroxyl groups is 1. The molecular weight excluding hydrogens is 366 g/mol. The minimum atomic E-state index is -0.477. The Hall–Kier alpha value is -2.49. The van der Waals surface area contributed by atoms with Gasteiger partial charge in [0, 0.05) is 38.9 Å². The molecule has 0 amide bonds. The molecule has 0 radical (unpaired) electrons. The number of ether oxygens (including phenoxy) is 1. The molecule has 8 nitrogen and oxygen atoms in total. The Labute approximate surface area is 162 Å². The molecule has 0 saturated carbocycles. The number of rotatable bonds is 6. The van der Waals surface area contributed by atoms with Gasteiger partial charge in [-0.2, -0.15) is 0 Å². The van der Waals surface area contributed by atoms with Gasteiger partial charge in [0.15, 0.2) is 4.77 Å². The minimum absolute atomic E-state index is 0.0646. The van der Waals surface area contributed by atoms with Gasteiger partial charge in [0.1, 0.15) is 11.3 Å². The Balaban J connectivity index is 1.87. The molecule has 0 aliphatic carbocycles. The van der Waals surface area contributed by atoms with Crippen LogP contribution in [0.2, 0.25) is 0 Å². The van der Waals surface area contributed by atoms with Gasteiger partial charge in [-0.25, -0.2) is 0 Å². The molecule has 1 aromatic heterocycles. The molecule has 1 fully saturated rings. The lowest BCUT2D eigenvalue weighted by molar-refractivity contribution is 0.248. The van der Waals surface area contributed by atoms with E-state index in [1.807, 2.05) is 6.07 Å². The molecule has 0 bridgehead atoms. The highest BCUT2D eigenvalue weighted by Gasteiger charge is 2.15. The van der Waals surface area contributed by atoms with E-state index in [1.165, 1.54) is 17.9 Å². The van der Waals surface area contributed by atoms with Crippen LogP contribution in [0.5, 0.6) is 11.6 Å². The summed E-state index contributed by atoms with van der Waals surface area (Å²) in [4.78, 5) is 21.5. The lowest BCUT2D eigenvalue weighted by Crippen LogP contribution is -2.44. The number of para-hydroxylation sites is 2. The highest BCUT2D eigenvalue weighted by molar-refractivity contribution is 7.71. The first-order chi connectivity index (χ1) is 13.1. The normalized spacial score (nSPS) is 15.3. The molecule has 9 heteroatoms. The number of aromatic nitrogens is 2. The summed E-state index contributed by atoms with van der Waals surface area (Å²) in [5, 5.41) is 14.0. The summed E-state index contributed by atoms with van der Waals surface area (Å²) in [5.41, 5.74) is 0.124. The number of nitrogens with one attached hydrogen (secondary N) is 2. The van der Waals surface area contributed by atoms with Crippen molar-refractivity contribution >= 4 is 18.4 Å². The third-order valence-electron chi connectivity index (χ3n) is 4.42. The fourth-order valence-corrected chi connectivity index (χ4v) is 3.26. The van der Waals surface area contributed by atoms with Crippen molar-refractivity contribution < 1.29 is 9.84 Å². The summed E-state index contributed by atoms with van der Waals surface area (Å²) in [6.45, 7) is 5.28. The van der Waals surface area contributed by atoms with Crippen molar-refractivity contribution in [3.63, 3.8) is 0 Å². The maximum atomic E-state index is 12.3. The predicted octanol–water partition coefficient (Wildman–Crippen LogP) is 0.933. The highest BCUT2D eigenvalue weighted by atomic mass is 32.1. The lowest BCUT2D eigenvalue weighted by Gasteiger charge is -2.26. The molecule has 3 N–H and O–H groups in total. The van der Waals surface area contributed by atoms with Gasteiger partial charge in [-0.3, -0.25) is 24.2 Å². The molecule has 1 aliphatic heterocycles. The molecule has 1 saturated heterocycles. The monoisotopic (exact) mass is 389 g/mol. The Morgan fingerprint density at radius 2 is 2.07 bits per heavy atom. The van der Waals surface area contributed by atoms with Crippen LogP contribution in [-0.2, 0) is 0 Å². The number of hydrogen-bond acceptors (Lipinski definition) is 7. The van der Waals surface area contributed by atoms with Crippen molar-refractivity contribution in [2.45, 2.75) is 0 Å². The summed E-state index contributed by atoms with van der Waals surface area (Å²) in [6.07, 6.45) is 1.40. The molecule has 27 heavy (non-hydrogen) atoms. The van der Waals surface area contributed by atoms with Gasteiger partial charge in [-0.1, -0.05) is 12.1 Å². The van der Waals surface area contributed by atoms with Crippen molar-refractivity contribution in [1.82, 2.24) is 19.8 Å². The molecule has 144 valence electrons. The van der Waals surface area contributed by atoms with E-state index < -0.39 is 5.56 Å². The van der Waals surface area contributed by atoms with Crippen LogP contribution in [0, 0.1) is 4.77 Å². The van der Waals surface area contributed by atoms with Crippen LogP contribution in [0.15, 0.2) is 34.1 Å². The maximum absolute atomic E-state index is 12.3. The number of H-pyrrole nitrogens is 1. The summed E-state index contributed by atoms with van der Waals surface area (Å²) in [7, 11) is 1.53. The largest absolute Gasteiger partial charge is 0.495 e. The highest BCUT2D eigenvalue weighted by Crippen LogP contribution is 2.26. The van der Waals surface area contributed by atoms with E-state index in [0.717, 1.165) is 32.7 Å². The van der Waals surface area contributed by atoms with Crippen LogP contribution < -0.4 is 15.6 Å². The number of piperazine rings is 1. The minimum Gasteiger partial charge on any atom is -0.495 e. The van der Waals surface area contributed by atoms with E-state index >= 15 is 0 Å². The van der Waals surface area contributed by atoms with Crippen molar-refractivity contribution in [2.75, 3.05) is 46.4 Å². The Morgan fingerprint density at radius 3 is 2.81 bits per heavy atom. The smallest absolute Gasteiger partial charge is 0.264 e. The number of benzene rings is 1. The van der Waals surface area contributed by atoms with Gasteiger partial charge in [0.2, 0.25) is 5.88 Å². The standard InChI is InChI=1S/C18H23N5O3S/c1-26-15-5-3-2-4-14(15)23-17(25)13(16(24)21-18(23)27)12-20-8-11-22-9-6-19-7-10-22/h2-5,12,19,25H,6-11H2,1H3,(H,21,24,27). The van der Waals surface area contributed by atoms with Crippen molar-refractivity contribution in [3.05, 3.63) is 45.0 Å². The Bertz CT molecular complexity index is 931. The second-order valence-corrected chi connectivity index (χ2v) is 6.52. The number of nitrogens with zero attached hydrogens (tertiary/aromatic N) is 3. The van der Waals surface area contributed by atoms with E-state index in [0.29, 0.717) is 18.0 Å². The van der Waals surface area contributed by atoms with E-state index in [9.17, 15) is 9.90 Å². The number of hydrogen-bond donors (Lipinski definition) is 3. The van der Waals surface area contributed by atoms with Crippen LogP contribution in [0.25, 0.3) is 5.69 Å². The SMILES string of the molecule is COc1ccccc1-n1c(O)c(C=NCCN2CCNCC2)c(=O)[nH]c1=S. The van der Waals surface area contributed by atoms with Crippen molar-refractivity contribution in [3.8, 4) is 17.3 Å². The molecule has 2 aromatic rings. The second-order valence-electron chi connectivity index (χ2n) is 6.13. The van der Waals surface area contributed by atoms with Crippen LogP contribution in [0.3, 0.4) is 0 Å². The third kappa shape index (κ3) is 4.44. The van der Waals surface area contributed by atoms with E-state index in [-0.39, 0.29) is 16.2 Å². The van der Waals surface area contributed by atoms with Crippen molar-refractivity contribution in [1.29, 1.82) is 0 Å². The predicted molar refractivity (Wildman–Crippen MR) is 107 cm³/mol. The van der Waals surface area contributed by atoms with Gasteiger partial charge in [0.25, 0.3) is 5.56 Å². The molecule has 2 heterocycles. The summed E-state index contributed by atoms with van der Waals surface area (Å²) < 4.78 is 6.78. The molecule has 3 rings (SSSR count). The zero-order valence-corrected chi connectivity index (χ0v) is 16.0. The van der Waals surface area contributed by atoms with Gasteiger partial charge < -0.3 is 15.2 Å².